The highest BCUT2D eigenvalue weighted by Gasteiger charge is 2.40. The Kier molecular flexibility index (Phi) is 8.27. The lowest BCUT2D eigenvalue weighted by Crippen LogP contribution is -2.35. The number of aromatic nitrogens is 1. The second-order valence-corrected chi connectivity index (χ2v) is 9.00. The third-order valence-electron chi connectivity index (χ3n) is 5.08. The maximum atomic E-state index is 12.5. The van der Waals surface area contributed by atoms with Crippen LogP contribution in [0.25, 0.3) is 0 Å². The van der Waals surface area contributed by atoms with Gasteiger partial charge >= 0.3 is 5.97 Å². The third kappa shape index (κ3) is 6.32. The first-order valence-electron chi connectivity index (χ1n) is 10.7. The molecule has 0 bridgehead atoms. The zero-order valence-corrected chi connectivity index (χ0v) is 19.4. The van der Waals surface area contributed by atoms with Crippen molar-refractivity contribution in [3.63, 3.8) is 0 Å². The molecule has 1 saturated heterocycles. The molecule has 0 aliphatic carbocycles. The van der Waals surface area contributed by atoms with Gasteiger partial charge in [-0.05, 0) is 42.2 Å². The van der Waals surface area contributed by atoms with Crippen LogP contribution in [0.1, 0.15) is 37.6 Å². The molecule has 170 valence electrons. The number of imide groups is 1. The van der Waals surface area contributed by atoms with Crippen LogP contribution in [0.5, 0.6) is 5.75 Å². The lowest BCUT2D eigenvalue weighted by molar-refractivity contribution is -0.152. The highest BCUT2D eigenvalue weighted by molar-refractivity contribution is 8.15. The molecule has 32 heavy (non-hydrogen) atoms. The maximum Gasteiger partial charge on any atom is 0.310 e. The number of benzene rings is 1. The Morgan fingerprint density at radius 1 is 1.12 bits per heavy atom. The largest absolute Gasteiger partial charge is 0.493 e. The molecule has 2 heterocycles. The van der Waals surface area contributed by atoms with Crippen LogP contribution in [0.4, 0.5) is 4.79 Å². The number of hydrogen-bond acceptors (Lipinski definition) is 7. The van der Waals surface area contributed by atoms with Gasteiger partial charge in [0.2, 0.25) is 5.91 Å². The molecule has 1 aliphatic rings. The first-order valence-corrected chi connectivity index (χ1v) is 11.6. The summed E-state index contributed by atoms with van der Waals surface area (Å²) in [5.41, 5.74) is 3.13. The Morgan fingerprint density at radius 3 is 2.47 bits per heavy atom. The summed E-state index contributed by atoms with van der Waals surface area (Å²) in [4.78, 5) is 41.7. The lowest BCUT2D eigenvalue weighted by atomic mass is 10.1. The third-order valence-corrected chi connectivity index (χ3v) is 6.15. The van der Waals surface area contributed by atoms with Crippen molar-refractivity contribution in [3.05, 3.63) is 59.4 Å². The van der Waals surface area contributed by atoms with E-state index < -0.39 is 16.5 Å². The van der Waals surface area contributed by atoms with Crippen molar-refractivity contribution in [2.45, 2.75) is 45.3 Å². The number of carbonyl (C=O) groups is 3. The van der Waals surface area contributed by atoms with Crippen LogP contribution in [0.2, 0.25) is 0 Å². The molecule has 0 radical (unpaired) electrons. The molecule has 7 nitrogen and oxygen atoms in total. The summed E-state index contributed by atoms with van der Waals surface area (Å²) in [6.45, 7) is 5.68. The zero-order chi connectivity index (χ0) is 23.1. The van der Waals surface area contributed by atoms with E-state index in [9.17, 15) is 14.4 Å². The van der Waals surface area contributed by atoms with Gasteiger partial charge in [-0.2, -0.15) is 0 Å². The van der Waals surface area contributed by atoms with E-state index in [2.05, 4.69) is 18.0 Å². The zero-order valence-electron chi connectivity index (χ0n) is 18.6. The van der Waals surface area contributed by atoms with Crippen molar-refractivity contribution < 1.29 is 23.9 Å². The van der Waals surface area contributed by atoms with E-state index in [0.717, 1.165) is 46.5 Å². The fourth-order valence-corrected chi connectivity index (χ4v) is 4.08. The first kappa shape index (κ1) is 23.8. The minimum absolute atomic E-state index is 0.315. The van der Waals surface area contributed by atoms with Crippen LogP contribution in [0, 0.1) is 5.92 Å². The minimum Gasteiger partial charge on any atom is -0.493 e. The summed E-state index contributed by atoms with van der Waals surface area (Å²) in [5, 5.41) is -0.915. The van der Waals surface area contributed by atoms with Gasteiger partial charge in [-0.15, -0.1) is 0 Å². The maximum absolute atomic E-state index is 12.5. The van der Waals surface area contributed by atoms with Gasteiger partial charge in [-0.3, -0.25) is 19.4 Å². The Morgan fingerprint density at radius 2 is 1.84 bits per heavy atom. The van der Waals surface area contributed by atoms with Gasteiger partial charge in [0.1, 0.15) is 5.75 Å². The van der Waals surface area contributed by atoms with Crippen LogP contribution in [0.3, 0.4) is 0 Å². The highest BCUT2D eigenvalue weighted by atomic mass is 32.2. The predicted octanol–water partition coefficient (Wildman–Crippen LogP) is 4.03. The normalized spacial score (nSPS) is 16.0. The number of aryl methyl sites for hydroxylation is 1. The average molecular weight is 457 g/mol. The van der Waals surface area contributed by atoms with E-state index in [4.69, 9.17) is 9.47 Å². The number of carbonyl (C=O) groups excluding carboxylic acids is 3. The van der Waals surface area contributed by atoms with E-state index >= 15 is 0 Å². The van der Waals surface area contributed by atoms with Gasteiger partial charge in [0.25, 0.3) is 5.24 Å². The fraction of sp³-hybridized carbons (Fsp3) is 0.417. The van der Waals surface area contributed by atoms with Crippen LogP contribution in [-0.4, -0.2) is 45.6 Å². The summed E-state index contributed by atoms with van der Waals surface area (Å²) >= 11 is 0.963. The summed E-state index contributed by atoms with van der Waals surface area (Å²) in [6, 6.07) is 11.6. The summed E-state index contributed by atoms with van der Waals surface area (Å²) < 4.78 is 10.8. The average Bonchev–Trinajstić information content (AvgIpc) is 3.05. The van der Waals surface area contributed by atoms with Gasteiger partial charge in [0.05, 0.1) is 17.8 Å². The number of ether oxygens (including phenoxy) is 2. The summed E-state index contributed by atoms with van der Waals surface area (Å²) in [7, 11) is 0. The molecule has 8 heteroatoms. The molecule has 1 aromatic heterocycles. The molecule has 3 rings (SSSR count). The lowest BCUT2D eigenvalue weighted by Gasteiger charge is -2.15. The van der Waals surface area contributed by atoms with E-state index in [1.54, 1.807) is 13.8 Å². The molecular weight excluding hydrogens is 428 g/mol. The Labute approximate surface area is 192 Å². The quantitative estimate of drug-likeness (QED) is 0.499. The SMILES string of the molecule is CCc1ccc(CCOc2ccc(CC3SC(=O)N(COC(=O)C(C)C)C3=O)cc2)nc1. The van der Waals surface area contributed by atoms with Gasteiger partial charge in [-0.1, -0.05) is 50.7 Å². The van der Waals surface area contributed by atoms with E-state index in [-0.39, 0.29) is 18.6 Å². The Hall–Kier alpha value is -2.87. The number of nitrogens with zero attached hydrogens (tertiary/aromatic N) is 2. The fourth-order valence-electron chi connectivity index (χ4n) is 3.06. The van der Waals surface area contributed by atoms with E-state index in [0.29, 0.717) is 13.0 Å². The minimum atomic E-state index is -0.524. The van der Waals surface area contributed by atoms with Crippen molar-refractivity contribution in [3.8, 4) is 5.75 Å². The molecule has 0 spiro atoms. The van der Waals surface area contributed by atoms with Gasteiger partial charge < -0.3 is 9.47 Å². The van der Waals surface area contributed by atoms with Crippen LogP contribution < -0.4 is 4.74 Å². The molecule has 1 aromatic carbocycles. The van der Waals surface area contributed by atoms with E-state index in [1.165, 1.54) is 5.56 Å². The monoisotopic (exact) mass is 456 g/mol. The Balaban J connectivity index is 1.47. The molecular formula is C24H28N2O5S. The second kappa shape index (κ2) is 11.1. The van der Waals surface area contributed by atoms with Gasteiger partial charge in [0, 0.05) is 18.3 Å². The van der Waals surface area contributed by atoms with Gasteiger partial charge in [-0.25, -0.2) is 4.90 Å². The second-order valence-electron chi connectivity index (χ2n) is 7.84. The summed E-state index contributed by atoms with van der Waals surface area (Å²) in [6.07, 6.45) is 4.00. The molecule has 1 fully saturated rings. The predicted molar refractivity (Wildman–Crippen MR) is 122 cm³/mol. The number of pyridine rings is 1. The van der Waals surface area contributed by atoms with Crippen LogP contribution in [-0.2, 0) is 33.6 Å². The molecule has 2 aromatic rings. The van der Waals surface area contributed by atoms with Crippen molar-refractivity contribution >= 4 is 28.9 Å². The number of rotatable bonds is 10. The smallest absolute Gasteiger partial charge is 0.310 e. The van der Waals surface area contributed by atoms with Crippen LogP contribution in [0.15, 0.2) is 42.6 Å². The highest BCUT2D eigenvalue weighted by Crippen LogP contribution is 2.30. The summed E-state index contributed by atoms with van der Waals surface area (Å²) in [5.74, 6) is -0.352. The molecule has 1 aliphatic heterocycles. The number of esters is 1. The van der Waals surface area contributed by atoms with Crippen molar-refractivity contribution in [1.29, 1.82) is 0 Å². The van der Waals surface area contributed by atoms with Gasteiger partial charge in [0.15, 0.2) is 6.73 Å². The van der Waals surface area contributed by atoms with Crippen molar-refractivity contribution in [2.75, 3.05) is 13.3 Å². The molecule has 1 atom stereocenters. The van der Waals surface area contributed by atoms with Crippen LogP contribution >= 0.6 is 11.8 Å². The molecule has 1 unspecified atom stereocenters. The molecule has 0 N–H and O–H groups in total. The topological polar surface area (TPSA) is 85.8 Å². The van der Waals surface area contributed by atoms with Crippen molar-refractivity contribution in [2.24, 2.45) is 5.92 Å². The number of thioether (sulfide) groups is 1. The Bertz CT molecular complexity index is 944. The van der Waals surface area contributed by atoms with E-state index in [1.807, 2.05) is 36.5 Å². The first-order chi connectivity index (χ1) is 15.4. The number of amides is 2. The number of hydrogen-bond donors (Lipinski definition) is 0. The molecule has 0 saturated carbocycles. The van der Waals surface area contributed by atoms with Crippen molar-refractivity contribution in [1.82, 2.24) is 9.88 Å². The molecule has 2 amide bonds. The standard InChI is InChI=1S/C24H28N2O5S/c1-4-17-5-8-19(25-14-17)11-12-30-20-9-6-18(7-10-20)13-21-22(27)26(24(29)32-21)15-31-23(28)16(2)3/h5-10,14,16,21H,4,11-13,15H2,1-3H3.